The zero-order chi connectivity index (χ0) is 11.2. The number of hydrogen-bond acceptors (Lipinski definition) is 2. The van der Waals surface area contributed by atoms with Crippen molar-refractivity contribution in [2.45, 2.75) is 52.7 Å². The van der Waals surface area contributed by atoms with Gasteiger partial charge in [0, 0.05) is 19.1 Å². The molecule has 0 aromatic carbocycles. The first-order chi connectivity index (χ1) is 6.43. The van der Waals surface area contributed by atoms with E-state index < -0.39 is 0 Å². The highest BCUT2D eigenvalue weighted by atomic mass is 16.5. The van der Waals surface area contributed by atoms with Crippen LogP contribution in [0.4, 0.5) is 0 Å². The minimum atomic E-state index is 0.0333. The smallest absolute Gasteiger partial charge is 0.0774 e. The van der Waals surface area contributed by atoms with E-state index in [-0.39, 0.29) is 17.6 Å². The van der Waals surface area contributed by atoms with E-state index in [9.17, 15) is 0 Å². The van der Waals surface area contributed by atoms with Gasteiger partial charge in [0.25, 0.3) is 0 Å². The van der Waals surface area contributed by atoms with Gasteiger partial charge in [-0.2, -0.15) is 0 Å². The summed E-state index contributed by atoms with van der Waals surface area (Å²) in [5, 5.41) is 0. The van der Waals surface area contributed by atoms with Gasteiger partial charge >= 0.3 is 0 Å². The van der Waals surface area contributed by atoms with E-state index in [0.717, 1.165) is 12.8 Å². The first-order valence-electron chi connectivity index (χ1n) is 5.24. The van der Waals surface area contributed by atoms with Crippen LogP contribution in [0, 0.1) is 17.8 Å². The van der Waals surface area contributed by atoms with Gasteiger partial charge in [-0.15, -0.1) is 12.3 Å². The highest BCUT2D eigenvalue weighted by Crippen LogP contribution is 2.25. The van der Waals surface area contributed by atoms with Gasteiger partial charge in [0.15, 0.2) is 0 Å². The van der Waals surface area contributed by atoms with Crippen molar-refractivity contribution < 1.29 is 4.74 Å². The van der Waals surface area contributed by atoms with Gasteiger partial charge in [-0.25, -0.2) is 0 Å². The summed E-state index contributed by atoms with van der Waals surface area (Å²) in [6.45, 7) is 9.12. The molecule has 0 saturated heterocycles. The molecule has 14 heavy (non-hydrogen) atoms. The minimum Gasteiger partial charge on any atom is -0.376 e. The molecule has 0 amide bonds. The molecular weight excluding hydrogens is 174 g/mol. The summed E-state index contributed by atoms with van der Waals surface area (Å²) in [6, 6.07) is 0.0333. The molecular formula is C12H23NO. The second kappa shape index (κ2) is 6.06. The Morgan fingerprint density at radius 3 is 2.36 bits per heavy atom. The molecule has 0 aromatic rings. The second-order valence-corrected chi connectivity index (χ2v) is 4.65. The standard InChI is InChI=1S/C12H23NO/c1-6-8-9-10(13)11(14-7-2)12(3,4)5/h1,10-11H,7-9,13H2,2-5H3. The van der Waals surface area contributed by atoms with Crippen LogP contribution in [0.25, 0.3) is 0 Å². The Labute approximate surface area is 88.2 Å². The molecule has 82 valence electrons. The zero-order valence-corrected chi connectivity index (χ0v) is 9.84. The number of rotatable bonds is 5. The zero-order valence-electron chi connectivity index (χ0n) is 9.84. The van der Waals surface area contributed by atoms with Crippen molar-refractivity contribution in [3.63, 3.8) is 0 Å². The van der Waals surface area contributed by atoms with Crippen LogP contribution in [0.15, 0.2) is 0 Å². The van der Waals surface area contributed by atoms with Gasteiger partial charge in [-0.05, 0) is 18.8 Å². The van der Waals surface area contributed by atoms with Gasteiger partial charge in [-0.1, -0.05) is 20.8 Å². The summed E-state index contributed by atoms with van der Waals surface area (Å²) in [7, 11) is 0. The van der Waals surface area contributed by atoms with Crippen molar-refractivity contribution in [3.8, 4) is 12.3 Å². The fourth-order valence-corrected chi connectivity index (χ4v) is 1.60. The molecule has 0 rings (SSSR count). The number of ether oxygens (including phenoxy) is 1. The predicted molar refractivity (Wildman–Crippen MR) is 60.9 cm³/mol. The molecule has 0 aliphatic heterocycles. The molecule has 2 heteroatoms. The van der Waals surface area contributed by atoms with Crippen LogP contribution >= 0.6 is 0 Å². The van der Waals surface area contributed by atoms with Gasteiger partial charge < -0.3 is 10.5 Å². The third kappa shape index (κ3) is 4.64. The molecule has 0 heterocycles. The van der Waals surface area contributed by atoms with E-state index in [4.69, 9.17) is 16.9 Å². The maximum atomic E-state index is 6.06. The minimum absolute atomic E-state index is 0.0333. The SMILES string of the molecule is C#CCCC(N)C(OCC)C(C)(C)C. The topological polar surface area (TPSA) is 35.2 Å². The Morgan fingerprint density at radius 2 is 2.00 bits per heavy atom. The van der Waals surface area contributed by atoms with Crippen LogP contribution in [0.2, 0.25) is 0 Å². The van der Waals surface area contributed by atoms with Crippen molar-refractivity contribution in [1.82, 2.24) is 0 Å². The molecule has 2 N–H and O–H groups in total. The van der Waals surface area contributed by atoms with E-state index in [1.165, 1.54) is 0 Å². The first-order valence-corrected chi connectivity index (χ1v) is 5.24. The highest BCUT2D eigenvalue weighted by molar-refractivity contribution is 4.90. The van der Waals surface area contributed by atoms with E-state index in [1.807, 2.05) is 6.92 Å². The Bertz CT molecular complexity index is 187. The Balaban J connectivity index is 4.27. The van der Waals surface area contributed by atoms with E-state index in [1.54, 1.807) is 0 Å². The predicted octanol–water partition coefficient (Wildman–Crippen LogP) is 2.18. The van der Waals surface area contributed by atoms with E-state index in [0.29, 0.717) is 6.61 Å². The Hall–Kier alpha value is -0.520. The normalized spacial score (nSPS) is 16.0. The van der Waals surface area contributed by atoms with Crippen LogP contribution in [-0.2, 0) is 4.74 Å². The lowest BCUT2D eigenvalue weighted by atomic mass is 9.83. The number of nitrogens with two attached hydrogens (primary N) is 1. The first kappa shape index (κ1) is 13.5. The number of hydrogen-bond donors (Lipinski definition) is 1. The fraction of sp³-hybridized carbons (Fsp3) is 0.833. The van der Waals surface area contributed by atoms with Crippen LogP contribution in [-0.4, -0.2) is 18.8 Å². The molecule has 0 saturated carbocycles. The molecule has 0 fully saturated rings. The lowest BCUT2D eigenvalue weighted by Gasteiger charge is -2.34. The number of terminal acetylenes is 1. The van der Waals surface area contributed by atoms with Gasteiger partial charge in [0.05, 0.1) is 6.10 Å². The summed E-state index contributed by atoms with van der Waals surface area (Å²) >= 11 is 0. The summed E-state index contributed by atoms with van der Waals surface area (Å²) in [5.41, 5.74) is 6.13. The molecule has 0 aromatic heterocycles. The summed E-state index contributed by atoms with van der Waals surface area (Å²) in [5.74, 6) is 2.61. The average Bonchev–Trinajstić information content (AvgIpc) is 2.08. The Morgan fingerprint density at radius 1 is 1.43 bits per heavy atom. The maximum Gasteiger partial charge on any atom is 0.0774 e. The van der Waals surface area contributed by atoms with Gasteiger partial charge in [0.2, 0.25) is 0 Å². The van der Waals surface area contributed by atoms with Crippen LogP contribution in [0.5, 0.6) is 0 Å². The molecule has 0 radical (unpaired) electrons. The van der Waals surface area contributed by atoms with Crippen LogP contribution in [0.3, 0.4) is 0 Å². The molecule has 2 nitrogen and oxygen atoms in total. The monoisotopic (exact) mass is 197 g/mol. The quantitative estimate of drug-likeness (QED) is 0.686. The highest BCUT2D eigenvalue weighted by Gasteiger charge is 2.30. The fourth-order valence-electron chi connectivity index (χ4n) is 1.60. The van der Waals surface area contributed by atoms with Crippen LogP contribution in [0.1, 0.15) is 40.5 Å². The van der Waals surface area contributed by atoms with Gasteiger partial charge in [-0.3, -0.25) is 0 Å². The van der Waals surface area contributed by atoms with Crippen molar-refractivity contribution in [2.24, 2.45) is 11.1 Å². The molecule has 0 aliphatic carbocycles. The third-order valence-corrected chi connectivity index (χ3v) is 2.21. The van der Waals surface area contributed by atoms with Crippen LogP contribution < -0.4 is 5.73 Å². The Kier molecular flexibility index (Phi) is 5.83. The third-order valence-electron chi connectivity index (χ3n) is 2.21. The van der Waals surface area contributed by atoms with Gasteiger partial charge in [0.1, 0.15) is 0 Å². The molecule has 2 atom stereocenters. The van der Waals surface area contributed by atoms with Crippen molar-refractivity contribution >= 4 is 0 Å². The molecule has 2 unspecified atom stereocenters. The maximum absolute atomic E-state index is 6.06. The largest absolute Gasteiger partial charge is 0.376 e. The average molecular weight is 197 g/mol. The van der Waals surface area contributed by atoms with Crippen molar-refractivity contribution in [3.05, 3.63) is 0 Å². The lowest BCUT2D eigenvalue weighted by molar-refractivity contribution is -0.0287. The molecule has 0 spiro atoms. The summed E-state index contributed by atoms with van der Waals surface area (Å²) in [6.07, 6.45) is 6.85. The second-order valence-electron chi connectivity index (χ2n) is 4.65. The molecule has 0 bridgehead atoms. The summed E-state index contributed by atoms with van der Waals surface area (Å²) in [4.78, 5) is 0. The molecule has 0 aliphatic rings. The van der Waals surface area contributed by atoms with E-state index >= 15 is 0 Å². The van der Waals surface area contributed by atoms with Crippen molar-refractivity contribution in [2.75, 3.05) is 6.61 Å². The van der Waals surface area contributed by atoms with Crippen molar-refractivity contribution in [1.29, 1.82) is 0 Å². The van der Waals surface area contributed by atoms with E-state index in [2.05, 4.69) is 26.7 Å². The summed E-state index contributed by atoms with van der Waals surface area (Å²) < 4.78 is 5.67. The lowest BCUT2D eigenvalue weighted by Crippen LogP contribution is -2.45.